The Hall–Kier alpha value is -2.82. The lowest BCUT2D eigenvalue weighted by atomic mass is 9.70. The van der Waals surface area contributed by atoms with Crippen molar-refractivity contribution in [3.05, 3.63) is 72.5 Å². The highest BCUT2D eigenvalue weighted by Crippen LogP contribution is 2.35. The first-order valence-electron chi connectivity index (χ1n) is 6.59. The van der Waals surface area contributed by atoms with Gasteiger partial charge in [-0.25, -0.2) is 0 Å². The average molecular weight is 278 g/mol. The number of hydrogen-bond acceptors (Lipinski definition) is 4. The van der Waals surface area contributed by atoms with E-state index in [1.807, 2.05) is 24.3 Å². The van der Waals surface area contributed by atoms with E-state index in [1.165, 1.54) is 0 Å². The van der Waals surface area contributed by atoms with Crippen molar-refractivity contribution in [2.75, 3.05) is 0 Å². The molecule has 5 heteroatoms. The van der Waals surface area contributed by atoms with Gasteiger partial charge in [0.05, 0.1) is 5.71 Å². The molecule has 0 aromatic carbocycles. The van der Waals surface area contributed by atoms with Gasteiger partial charge in [0.15, 0.2) is 0 Å². The monoisotopic (exact) mass is 278 g/mol. The van der Waals surface area contributed by atoms with Gasteiger partial charge in [0.1, 0.15) is 5.41 Å². The van der Waals surface area contributed by atoms with Crippen molar-refractivity contribution in [3.8, 4) is 0 Å². The molecule has 0 spiro atoms. The van der Waals surface area contributed by atoms with Crippen molar-refractivity contribution in [2.45, 2.75) is 11.8 Å². The van der Waals surface area contributed by atoms with Crippen LogP contribution in [0.25, 0.3) is 0 Å². The van der Waals surface area contributed by atoms with Crippen molar-refractivity contribution in [2.24, 2.45) is 10.7 Å². The third kappa shape index (κ3) is 2.12. The number of carbonyl (C=O) groups excluding carboxylic acids is 1. The SMILES string of the molecule is NC(=O)C1(c2cccnc2)CC=CN=C1c1cccnc1. The summed E-state index contributed by atoms with van der Waals surface area (Å²) in [7, 11) is 0. The highest BCUT2D eigenvalue weighted by Gasteiger charge is 2.44. The molecule has 3 heterocycles. The van der Waals surface area contributed by atoms with Gasteiger partial charge in [-0.05, 0) is 24.1 Å². The molecule has 1 atom stereocenters. The lowest BCUT2D eigenvalue weighted by molar-refractivity contribution is -0.121. The van der Waals surface area contributed by atoms with Gasteiger partial charge in [0, 0.05) is 36.6 Å². The van der Waals surface area contributed by atoms with E-state index in [0.29, 0.717) is 12.1 Å². The highest BCUT2D eigenvalue weighted by atomic mass is 16.1. The molecular weight excluding hydrogens is 264 g/mol. The zero-order valence-corrected chi connectivity index (χ0v) is 11.3. The van der Waals surface area contributed by atoms with E-state index in [9.17, 15) is 4.79 Å². The minimum absolute atomic E-state index is 0.442. The van der Waals surface area contributed by atoms with Crippen LogP contribution in [0.15, 0.2) is 66.3 Å². The number of aromatic nitrogens is 2. The molecule has 0 saturated heterocycles. The summed E-state index contributed by atoms with van der Waals surface area (Å²) in [6.45, 7) is 0. The number of aliphatic imine (C=N–C) groups is 1. The molecule has 3 rings (SSSR count). The van der Waals surface area contributed by atoms with Crippen LogP contribution in [-0.2, 0) is 10.2 Å². The van der Waals surface area contributed by atoms with Crippen LogP contribution < -0.4 is 5.73 Å². The number of allylic oxidation sites excluding steroid dienone is 1. The Morgan fingerprint density at radius 3 is 2.52 bits per heavy atom. The third-order valence-corrected chi connectivity index (χ3v) is 3.65. The number of amides is 1. The summed E-state index contributed by atoms with van der Waals surface area (Å²) in [6, 6.07) is 7.33. The zero-order valence-electron chi connectivity index (χ0n) is 11.3. The number of primary amides is 1. The Labute approximate surface area is 122 Å². The van der Waals surface area contributed by atoms with Crippen LogP contribution in [0, 0.1) is 0 Å². The van der Waals surface area contributed by atoms with Gasteiger partial charge in [0.2, 0.25) is 5.91 Å². The molecule has 1 amide bonds. The number of nitrogens with two attached hydrogens (primary N) is 1. The van der Waals surface area contributed by atoms with Crippen molar-refractivity contribution in [1.29, 1.82) is 0 Å². The van der Waals surface area contributed by atoms with Gasteiger partial charge >= 0.3 is 0 Å². The van der Waals surface area contributed by atoms with Crippen molar-refractivity contribution in [3.63, 3.8) is 0 Å². The van der Waals surface area contributed by atoms with Crippen molar-refractivity contribution < 1.29 is 4.79 Å². The second kappa shape index (κ2) is 5.28. The van der Waals surface area contributed by atoms with Crippen LogP contribution in [0.3, 0.4) is 0 Å². The van der Waals surface area contributed by atoms with Gasteiger partial charge in [0.25, 0.3) is 0 Å². The summed E-state index contributed by atoms with van der Waals surface area (Å²) < 4.78 is 0. The minimum Gasteiger partial charge on any atom is -0.369 e. The molecule has 1 aliphatic rings. The van der Waals surface area contributed by atoms with Crippen LogP contribution in [-0.4, -0.2) is 21.6 Å². The Balaban J connectivity index is 2.22. The summed E-state index contributed by atoms with van der Waals surface area (Å²) in [5, 5.41) is 0. The van der Waals surface area contributed by atoms with E-state index in [2.05, 4.69) is 15.0 Å². The van der Waals surface area contributed by atoms with E-state index >= 15 is 0 Å². The first-order chi connectivity index (χ1) is 10.2. The maximum absolute atomic E-state index is 12.3. The van der Waals surface area contributed by atoms with E-state index in [-0.39, 0.29) is 0 Å². The highest BCUT2D eigenvalue weighted by molar-refractivity contribution is 6.21. The quantitative estimate of drug-likeness (QED) is 0.926. The standard InChI is InChI=1S/C16H14N4O/c17-15(21)16(13-5-2-8-19-11-13)6-3-9-20-14(16)12-4-1-7-18-10-12/h1-5,7-11H,6H2,(H2,17,21). The first kappa shape index (κ1) is 13.2. The molecule has 1 aliphatic heterocycles. The Bertz CT molecular complexity index is 710. The molecule has 1 unspecified atom stereocenters. The predicted octanol–water partition coefficient (Wildman–Crippen LogP) is 1.61. The Kier molecular flexibility index (Phi) is 3.31. The molecule has 21 heavy (non-hydrogen) atoms. The second-order valence-electron chi connectivity index (χ2n) is 4.82. The second-order valence-corrected chi connectivity index (χ2v) is 4.82. The molecule has 2 aromatic heterocycles. The molecule has 5 nitrogen and oxygen atoms in total. The molecule has 0 radical (unpaired) electrons. The molecule has 2 aromatic rings. The summed E-state index contributed by atoms with van der Waals surface area (Å²) >= 11 is 0. The van der Waals surface area contributed by atoms with Crippen LogP contribution >= 0.6 is 0 Å². The number of hydrogen-bond donors (Lipinski definition) is 1. The number of pyridine rings is 2. The fourth-order valence-electron chi connectivity index (χ4n) is 2.62. The molecule has 0 aliphatic carbocycles. The molecule has 0 fully saturated rings. The lowest BCUT2D eigenvalue weighted by Gasteiger charge is -2.33. The van der Waals surface area contributed by atoms with E-state index < -0.39 is 11.3 Å². The van der Waals surface area contributed by atoms with Gasteiger partial charge < -0.3 is 5.73 Å². The zero-order chi connectivity index (χ0) is 14.7. The van der Waals surface area contributed by atoms with Gasteiger partial charge in [-0.1, -0.05) is 18.2 Å². The van der Waals surface area contributed by atoms with E-state index in [1.54, 1.807) is 37.1 Å². The number of nitrogens with zero attached hydrogens (tertiary/aromatic N) is 3. The molecule has 0 saturated carbocycles. The fraction of sp³-hybridized carbons (Fsp3) is 0.125. The molecule has 0 bridgehead atoms. The molecule has 2 N–H and O–H groups in total. The maximum atomic E-state index is 12.3. The summed E-state index contributed by atoms with van der Waals surface area (Å²) in [4.78, 5) is 25.0. The van der Waals surface area contributed by atoms with E-state index in [0.717, 1.165) is 11.1 Å². The van der Waals surface area contributed by atoms with Crippen LogP contribution in [0.2, 0.25) is 0 Å². The summed E-state index contributed by atoms with van der Waals surface area (Å²) in [6.07, 6.45) is 10.7. The first-order valence-corrected chi connectivity index (χ1v) is 6.59. The van der Waals surface area contributed by atoms with Gasteiger partial charge in [-0.2, -0.15) is 0 Å². The summed E-state index contributed by atoms with van der Waals surface area (Å²) in [5.74, 6) is -0.442. The van der Waals surface area contributed by atoms with Crippen molar-refractivity contribution in [1.82, 2.24) is 9.97 Å². The molecule has 104 valence electrons. The van der Waals surface area contributed by atoms with Crippen LogP contribution in [0.4, 0.5) is 0 Å². The molecular formula is C16H14N4O. The summed E-state index contributed by atoms with van der Waals surface area (Å²) in [5.41, 5.74) is 6.88. The van der Waals surface area contributed by atoms with E-state index in [4.69, 9.17) is 5.73 Å². The predicted molar refractivity (Wildman–Crippen MR) is 79.6 cm³/mol. The Morgan fingerprint density at radius 2 is 1.90 bits per heavy atom. The third-order valence-electron chi connectivity index (χ3n) is 3.65. The normalized spacial score (nSPS) is 20.9. The fourth-order valence-corrected chi connectivity index (χ4v) is 2.62. The minimum atomic E-state index is -1.01. The largest absolute Gasteiger partial charge is 0.369 e. The van der Waals surface area contributed by atoms with Crippen molar-refractivity contribution >= 4 is 11.6 Å². The Morgan fingerprint density at radius 1 is 1.14 bits per heavy atom. The maximum Gasteiger partial charge on any atom is 0.234 e. The number of carbonyl (C=O) groups is 1. The number of rotatable bonds is 3. The average Bonchev–Trinajstić information content (AvgIpc) is 2.56. The van der Waals surface area contributed by atoms with Crippen LogP contribution in [0.5, 0.6) is 0 Å². The van der Waals surface area contributed by atoms with Gasteiger partial charge in [-0.3, -0.25) is 19.8 Å². The topological polar surface area (TPSA) is 81.2 Å². The van der Waals surface area contributed by atoms with Crippen LogP contribution in [0.1, 0.15) is 17.5 Å². The van der Waals surface area contributed by atoms with Gasteiger partial charge in [-0.15, -0.1) is 0 Å². The smallest absolute Gasteiger partial charge is 0.234 e. The lowest BCUT2D eigenvalue weighted by Crippen LogP contribution is -2.49.